The minimum Gasteiger partial charge on any atom is -0.376 e. The minimum absolute atomic E-state index is 0.0526. The van der Waals surface area contributed by atoms with Gasteiger partial charge in [0.05, 0.1) is 31.6 Å². The van der Waals surface area contributed by atoms with Crippen LogP contribution in [0.1, 0.15) is 40.6 Å². The van der Waals surface area contributed by atoms with Gasteiger partial charge in [-0.2, -0.15) is 0 Å². The second-order valence-corrected chi connectivity index (χ2v) is 5.64. The average molecular weight is 254 g/mol. The number of thiazole rings is 1. The molecule has 2 aliphatic rings. The fourth-order valence-electron chi connectivity index (χ4n) is 2.49. The highest BCUT2D eigenvalue weighted by atomic mass is 32.1. The molecular formula is C12H18N2O2S. The average Bonchev–Trinajstić information content (AvgIpc) is 2.83. The normalized spacial score (nSPS) is 29.0. The van der Waals surface area contributed by atoms with E-state index in [2.05, 4.69) is 5.32 Å². The van der Waals surface area contributed by atoms with Crippen LogP contribution in [-0.4, -0.2) is 31.9 Å². The molecule has 94 valence electrons. The maximum Gasteiger partial charge on any atom is 0.132 e. The third-order valence-electron chi connectivity index (χ3n) is 3.41. The number of hydrogen-bond donors (Lipinski definition) is 1. The van der Waals surface area contributed by atoms with Crippen molar-refractivity contribution in [1.29, 1.82) is 0 Å². The van der Waals surface area contributed by atoms with E-state index in [1.807, 2.05) is 7.05 Å². The first-order valence-electron chi connectivity index (χ1n) is 6.24. The number of aromatic nitrogens is 1. The van der Waals surface area contributed by atoms with Crippen molar-refractivity contribution in [2.75, 3.05) is 26.9 Å². The molecule has 4 nitrogen and oxygen atoms in total. The van der Waals surface area contributed by atoms with E-state index in [0.29, 0.717) is 25.9 Å². The van der Waals surface area contributed by atoms with Crippen LogP contribution in [0, 0.1) is 0 Å². The number of nitrogens with zero attached hydrogens (tertiary/aromatic N) is 1. The number of hydrogen-bond acceptors (Lipinski definition) is 5. The summed E-state index contributed by atoms with van der Waals surface area (Å²) in [5.74, 6) is 0. The van der Waals surface area contributed by atoms with Gasteiger partial charge in [-0.05, 0) is 26.3 Å². The molecule has 0 radical (unpaired) electrons. The molecular weight excluding hydrogens is 236 g/mol. The fourth-order valence-corrected chi connectivity index (χ4v) is 3.69. The van der Waals surface area contributed by atoms with Crippen LogP contribution < -0.4 is 5.32 Å². The Morgan fingerprint density at radius 2 is 2.35 bits per heavy atom. The molecule has 0 amide bonds. The van der Waals surface area contributed by atoms with E-state index in [4.69, 9.17) is 14.5 Å². The smallest absolute Gasteiger partial charge is 0.132 e. The number of nitrogens with one attached hydrogen (secondary N) is 1. The summed E-state index contributed by atoms with van der Waals surface area (Å²) in [5, 5.41) is 4.44. The molecule has 1 aliphatic heterocycles. The Morgan fingerprint density at radius 3 is 3.12 bits per heavy atom. The first-order valence-corrected chi connectivity index (χ1v) is 7.06. The highest BCUT2D eigenvalue weighted by molar-refractivity contribution is 7.11. The summed E-state index contributed by atoms with van der Waals surface area (Å²) >= 11 is 1.80. The highest BCUT2D eigenvalue weighted by Crippen LogP contribution is 2.36. The number of rotatable bonds is 2. The van der Waals surface area contributed by atoms with E-state index in [1.165, 1.54) is 29.8 Å². The van der Waals surface area contributed by atoms with Crippen molar-refractivity contribution in [1.82, 2.24) is 10.3 Å². The second-order valence-electron chi connectivity index (χ2n) is 4.53. The van der Waals surface area contributed by atoms with Gasteiger partial charge < -0.3 is 14.8 Å². The van der Waals surface area contributed by atoms with Crippen LogP contribution in [0.15, 0.2) is 0 Å². The van der Waals surface area contributed by atoms with E-state index in [0.717, 1.165) is 5.01 Å². The maximum absolute atomic E-state index is 5.71. The topological polar surface area (TPSA) is 43.4 Å². The van der Waals surface area contributed by atoms with Gasteiger partial charge >= 0.3 is 0 Å². The molecule has 0 aromatic carbocycles. The van der Waals surface area contributed by atoms with Gasteiger partial charge in [-0.15, -0.1) is 11.3 Å². The molecule has 17 heavy (non-hydrogen) atoms. The maximum atomic E-state index is 5.71. The monoisotopic (exact) mass is 254 g/mol. The van der Waals surface area contributed by atoms with Gasteiger partial charge in [-0.3, -0.25) is 0 Å². The zero-order valence-corrected chi connectivity index (χ0v) is 10.9. The molecule has 1 aromatic rings. The van der Waals surface area contributed by atoms with E-state index in [1.54, 1.807) is 11.3 Å². The Hall–Kier alpha value is -0.490. The molecule has 1 aliphatic carbocycles. The van der Waals surface area contributed by atoms with Crippen molar-refractivity contribution in [2.24, 2.45) is 0 Å². The van der Waals surface area contributed by atoms with Crippen molar-refractivity contribution < 1.29 is 9.47 Å². The lowest BCUT2D eigenvalue weighted by Crippen LogP contribution is -2.23. The van der Waals surface area contributed by atoms with E-state index in [9.17, 15) is 0 Å². The lowest BCUT2D eigenvalue weighted by atomic mass is 9.98. The zero-order valence-electron chi connectivity index (χ0n) is 10.1. The Morgan fingerprint density at radius 1 is 1.41 bits per heavy atom. The lowest BCUT2D eigenvalue weighted by Gasteiger charge is -2.21. The van der Waals surface area contributed by atoms with Crippen molar-refractivity contribution in [2.45, 2.75) is 31.4 Å². The highest BCUT2D eigenvalue weighted by Gasteiger charge is 2.27. The molecule has 1 saturated heterocycles. The fraction of sp³-hybridized carbons (Fsp3) is 0.750. The summed E-state index contributed by atoms with van der Waals surface area (Å²) in [6.07, 6.45) is 3.66. The summed E-state index contributed by atoms with van der Waals surface area (Å²) in [6, 6.07) is 0.424. The van der Waals surface area contributed by atoms with Crippen LogP contribution in [0.4, 0.5) is 0 Å². The van der Waals surface area contributed by atoms with Crippen LogP contribution in [-0.2, 0) is 15.9 Å². The molecule has 5 heteroatoms. The molecule has 2 atom stereocenters. The number of ether oxygens (including phenoxy) is 2. The molecule has 0 saturated carbocycles. The van der Waals surface area contributed by atoms with Crippen molar-refractivity contribution in [3.05, 3.63) is 15.6 Å². The van der Waals surface area contributed by atoms with Gasteiger partial charge in [0.1, 0.15) is 11.1 Å². The van der Waals surface area contributed by atoms with Gasteiger partial charge in [-0.1, -0.05) is 0 Å². The summed E-state index contributed by atoms with van der Waals surface area (Å²) in [7, 11) is 2.01. The molecule has 1 aromatic heterocycles. The summed E-state index contributed by atoms with van der Waals surface area (Å²) in [6.45, 7) is 2.04. The first-order chi connectivity index (χ1) is 8.38. The predicted octanol–water partition coefficient (Wildman–Crippen LogP) is 1.83. The van der Waals surface area contributed by atoms with Crippen molar-refractivity contribution >= 4 is 11.3 Å². The molecule has 0 spiro atoms. The van der Waals surface area contributed by atoms with Gasteiger partial charge in [0.25, 0.3) is 0 Å². The summed E-state index contributed by atoms with van der Waals surface area (Å²) in [4.78, 5) is 6.21. The molecule has 1 N–H and O–H groups in total. The quantitative estimate of drug-likeness (QED) is 0.874. The molecule has 3 rings (SSSR count). The zero-order chi connectivity index (χ0) is 11.7. The van der Waals surface area contributed by atoms with Crippen LogP contribution in [0.3, 0.4) is 0 Å². The number of aryl methyl sites for hydroxylation is 1. The number of fused-ring (bicyclic) bond motifs is 1. The third-order valence-corrected chi connectivity index (χ3v) is 4.63. The van der Waals surface area contributed by atoms with E-state index < -0.39 is 0 Å². The van der Waals surface area contributed by atoms with Crippen LogP contribution >= 0.6 is 11.3 Å². The summed E-state index contributed by atoms with van der Waals surface area (Å²) in [5.41, 5.74) is 1.24. The van der Waals surface area contributed by atoms with Gasteiger partial charge in [0, 0.05) is 4.88 Å². The predicted molar refractivity (Wildman–Crippen MR) is 66.4 cm³/mol. The van der Waals surface area contributed by atoms with Gasteiger partial charge in [-0.25, -0.2) is 4.98 Å². The Bertz CT molecular complexity index is 388. The molecule has 0 bridgehead atoms. The van der Waals surface area contributed by atoms with Gasteiger partial charge in [0.15, 0.2) is 0 Å². The standard InChI is InChI=1S/C12H18N2O2S/c1-13-8-3-2-4-10-11(8)14-12(17-10)9-7-15-5-6-16-9/h8-9,13H,2-7H2,1H3. The summed E-state index contributed by atoms with van der Waals surface area (Å²) < 4.78 is 11.2. The second kappa shape index (κ2) is 5.02. The Balaban J connectivity index is 1.84. The molecule has 2 heterocycles. The Kier molecular flexibility index (Phi) is 3.42. The first kappa shape index (κ1) is 11.6. The Labute approximate surface area is 105 Å². The van der Waals surface area contributed by atoms with E-state index in [-0.39, 0.29) is 6.10 Å². The minimum atomic E-state index is 0.0526. The molecule has 2 unspecified atom stereocenters. The lowest BCUT2D eigenvalue weighted by molar-refractivity contribution is -0.0902. The van der Waals surface area contributed by atoms with Crippen LogP contribution in [0.25, 0.3) is 0 Å². The molecule has 1 fully saturated rings. The van der Waals surface area contributed by atoms with Crippen molar-refractivity contribution in [3.63, 3.8) is 0 Å². The largest absolute Gasteiger partial charge is 0.376 e. The third kappa shape index (κ3) is 2.25. The van der Waals surface area contributed by atoms with E-state index >= 15 is 0 Å². The SMILES string of the molecule is CNC1CCCc2sc(C3COCCO3)nc21. The van der Waals surface area contributed by atoms with Crippen molar-refractivity contribution in [3.8, 4) is 0 Å². The van der Waals surface area contributed by atoms with Crippen LogP contribution in [0.5, 0.6) is 0 Å². The van der Waals surface area contributed by atoms with Gasteiger partial charge in [0.2, 0.25) is 0 Å². The van der Waals surface area contributed by atoms with Crippen LogP contribution in [0.2, 0.25) is 0 Å².